The van der Waals surface area contributed by atoms with Crippen LogP contribution in [0.2, 0.25) is 0 Å². The van der Waals surface area contributed by atoms with Crippen molar-refractivity contribution >= 4 is 0 Å². The highest BCUT2D eigenvalue weighted by atomic mass is 14.9. The van der Waals surface area contributed by atoms with Gasteiger partial charge < -0.3 is 5.32 Å². The first-order valence-electron chi connectivity index (χ1n) is 7.34. The molecule has 1 atom stereocenters. The predicted molar refractivity (Wildman–Crippen MR) is 85.0 cm³/mol. The first-order valence-corrected chi connectivity index (χ1v) is 7.34. The Morgan fingerprint density at radius 3 is 2.20 bits per heavy atom. The number of hydrogen-bond donors (Lipinski definition) is 1. The van der Waals surface area contributed by atoms with E-state index in [0.29, 0.717) is 0 Å². The number of nitrogens with one attached hydrogen (secondary N) is 1. The zero-order chi connectivity index (χ0) is 14.5. The average molecular weight is 268 g/mol. The maximum absolute atomic E-state index is 4.13. The molecule has 2 nitrogen and oxygen atoms in total. The molecule has 1 aromatic carbocycles. The zero-order valence-electron chi connectivity index (χ0n) is 12.9. The summed E-state index contributed by atoms with van der Waals surface area (Å²) >= 11 is 0. The van der Waals surface area contributed by atoms with Gasteiger partial charge in [0.25, 0.3) is 0 Å². The molecule has 0 aliphatic heterocycles. The van der Waals surface area contributed by atoms with Crippen LogP contribution < -0.4 is 5.32 Å². The Hall–Kier alpha value is -1.67. The summed E-state index contributed by atoms with van der Waals surface area (Å²) in [5, 5.41) is 3.68. The Labute approximate surface area is 122 Å². The maximum Gasteiger partial charge on any atom is 0.0583 e. The van der Waals surface area contributed by atoms with E-state index >= 15 is 0 Å². The molecule has 1 aromatic heterocycles. The number of aromatic nitrogens is 1. The van der Waals surface area contributed by atoms with Gasteiger partial charge in [0.05, 0.1) is 6.04 Å². The van der Waals surface area contributed by atoms with E-state index in [1.807, 2.05) is 12.4 Å². The molecule has 0 fully saturated rings. The van der Waals surface area contributed by atoms with Crippen LogP contribution in [-0.4, -0.2) is 11.5 Å². The SMILES string of the molecule is CCCNC(c1ccncc1)c1c(C)cc(C)cc1C. The van der Waals surface area contributed by atoms with E-state index < -0.39 is 0 Å². The predicted octanol–water partition coefficient (Wildman–Crippen LogP) is 4.10. The second-order valence-electron chi connectivity index (χ2n) is 5.48. The van der Waals surface area contributed by atoms with Crippen LogP contribution in [0.5, 0.6) is 0 Å². The van der Waals surface area contributed by atoms with E-state index in [9.17, 15) is 0 Å². The van der Waals surface area contributed by atoms with E-state index in [1.165, 1.54) is 27.8 Å². The van der Waals surface area contributed by atoms with Crippen molar-refractivity contribution in [3.8, 4) is 0 Å². The summed E-state index contributed by atoms with van der Waals surface area (Å²) in [6, 6.07) is 8.99. The molecule has 0 spiro atoms. The lowest BCUT2D eigenvalue weighted by atomic mass is 9.90. The molecule has 1 unspecified atom stereocenters. The minimum Gasteiger partial charge on any atom is -0.306 e. The van der Waals surface area contributed by atoms with Crippen LogP contribution in [0.25, 0.3) is 0 Å². The second kappa shape index (κ2) is 6.67. The third-order valence-corrected chi connectivity index (χ3v) is 3.66. The van der Waals surface area contributed by atoms with E-state index in [0.717, 1.165) is 13.0 Å². The molecule has 0 saturated heterocycles. The maximum atomic E-state index is 4.13. The number of rotatable bonds is 5. The van der Waals surface area contributed by atoms with Gasteiger partial charge in [-0.05, 0) is 68.1 Å². The quantitative estimate of drug-likeness (QED) is 0.883. The van der Waals surface area contributed by atoms with Crippen LogP contribution >= 0.6 is 0 Å². The normalized spacial score (nSPS) is 12.4. The van der Waals surface area contributed by atoms with Crippen LogP contribution in [0.1, 0.15) is 47.2 Å². The van der Waals surface area contributed by atoms with E-state index in [1.54, 1.807) is 0 Å². The van der Waals surface area contributed by atoms with Crippen molar-refractivity contribution in [2.24, 2.45) is 0 Å². The van der Waals surface area contributed by atoms with Gasteiger partial charge in [0, 0.05) is 12.4 Å². The summed E-state index contributed by atoms with van der Waals surface area (Å²) in [6.45, 7) is 9.78. The monoisotopic (exact) mass is 268 g/mol. The molecule has 0 saturated carbocycles. The standard InChI is InChI=1S/C18H24N2/c1-5-8-20-18(16-6-9-19-10-7-16)17-14(3)11-13(2)12-15(17)4/h6-7,9-12,18,20H,5,8H2,1-4H3. The average Bonchev–Trinajstić information content (AvgIpc) is 2.42. The van der Waals surface area contributed by atoms with Gasteiger partial charge >= 0.3 is 0 Å². The lowest BCUT2D eigenvalue weighted by molar-refractivity contribution is 0.593. The molecule has 2 heteroatoms. The van der Waals surface area contributed by atoms with Gasteiger partial charge in [-0.15, -0.1) is 0 Å². The van der Waals surface area contributed by atoms with Crippen molar-refractivity contribution in [1.82, 2.24) is 10.3 Å². The van der Waals surface area contributed by atoms with Crippen molar-refractivity contribution in [1.29, 1.82) is 0 Å². The summed E-state index contributed by atoms with van der Waals surface area (Å²) in [5.41, 5.74) is 6.72. The summed E-state index contributed by atoms with van der Waals surface area (Å²) in [7, 11) is 0. The van der Waals surface area contributed by atoms with E-state index in [-0.39, 0.29) is 6.04 Å². The Kier molecular flexibility index (Phi) is 4.91. The molecule has 106 valence electrons. The number of pyridine rings is 1. The molecule has 2 aromatic rings. The fourth-order valence-electron chi connectivity index (χ4n) is 2.88. The second-order valence-corrected chi connectivity index (χ2v) is 5.48. The van der Waals surface area contributed by atoms with E-state index in [2.05, 4.69) is 62.3 Å². The molecule has 0 amide bonds. The molecule has 0 radical (unpaired) electrons. The first kappa shape index (κ1) is 14.7. The number of aryl methyl sites for hydroxylation is 3. The lowest BCUT2D eigenvalue weighted by Gasteiger charge is -2.24. The van der Waals surface area contributed by atoms with Crippen molar-refractivity contribution in [3.05, 3.63) is 64.5 Å². The highest BCUT2D eigenvalue weighted by Crippen LogP contribution is 2.28. The Morgan fingerprint density at radius 2 is 1.65 bits per heavy atom. The molecule has 2 rings (SSSR count). The van der Waals surface area contributed by atoms with Gasteiger partial charge in [0.1, 0.15) is 0 Å². The molecular formula is C18H24N2. The first-order chi connectivity index (χ1) is 9.63. The van der Waals surface area contributed by atoms with Crippen LogP contribution in [0.3, 0.4) is 0 Å². The smallest absolute Gasteiger partial charge is 0.0583 e. The molecule has 1 N–H and O–H groups in total. The van der Waals surface area contributed by atoms with Gasteiger partial charge in [0.15, 0.2) is 0 Å². The zero-order valence-corrected chi connectivity index (χ0v) is 12.9. The van der Waals surface area contributed by atoms with Crippen molar-refractivity contribution in [2.45, 2.75) is 40.2 Å². The van der Waals surface area contributed by atoms with Crippen molar-refractivity contribution in [2.75, 3.05) is 6.54 Å². The van der Waals surface area contributed by atoms with Crippen molar-refractivity contribution in [3.63, 3.8) is 0 Å². The van der Waals surface area contributed by atoms with Crippen LogP contribution in [0, 0.1) is 20.8 Å². The third-order valence-electron chi connectivity index (χ3n) is 3.66. The highest BCUT2D eigenvalue weighted by molar-refractivity contribution is 5.43. The molecule has 20 heavy (non-hydrogen) atoms. The fraction of sp³-hybridized carbons (Fsp3) is 0.389. The largest absolute Gasteiger partial charge is 0.306 e. The summed E-state index contributed by atoms with van der Waals surface area (Å²) < 4.78 is 0. The Morgan fingerprint density at radius 1 is 1.05 bits per heavy atom. The van der Waals surface area contributed by atoms with Gasteiger partial charge in [0.2, 0.25) is 0 Å². The molecule has 0 bridgehead atoms. The number of benzene rings is 1. The van der Waals surface area contributed by atoms with Gasteiger partial charge in [-0.1, -0.05) is 24.6 Å². The summed E-state index contributed by atoms with van der Waals surface area (Å²) in [4.78, 5) is 4.13. The highest BCUT2D eigenvalue weighted by Gasteiger charge is 2.17. The van der Waals surface area contributed by atoms with Crippen LogP contribution in [-0.2, 0) is 0 Å². The van der Waals surface area contributed by atoms with Gasteiger partial charge in [-0.25, -0.2) is 0 Å². The summed E-state index contributed by atoms with van der Waals surface area (Å²) in [5.74, 6) is 0. The van der Waals surface area contributed by atoms with Crippen LogP contribution in [0.4, 0.5) is 0 Å². The lowest BCUT2D eigenvalue weighted by Crippen LogP contribution is -2.24. The fourth-order valence-corrected chi connectivity index (χ4v) is 2.88. The van der Waals surface area contributed by atoms with Crippen LogP contribution in [0.15, 0.2) is 36.7 Å². The minimum atomic E-state index is 0.249. The third kappa shape index (κ3) is 3.26. The Balaban J connectivity index is 2.47. The molecular weight excluding hydrogens is 244 g/mol. The number of hydrogen-bond acceptors (Lipinski definition) is 2. The van der Waals surface area contributed by atoms with Gasteiger partial charge in [-0.3, -0.25) is 4.98 Å². The minimum absolute atomic E-state index is 0.249. The summed E-state index contributed by atoms with van der Waals surface area (Å²) in [6.07, 6.45) is 4.87. The van der Waals surface area contributed by atoms with Crippen molar-refractivity contribution < 1.29 is 0 Å². The number of nitrogens with zero attached hydrogens (tertiary/aromatic N) is 1. The Bertz CT molecular complexity index is 538. The van der Waals surface area contributed by atoms with E-state index in [4.69, 9.17) is 0 Å². The molecule has 0 aliphatic rings. The van der Waals surface area contributed by atoms with Gasteiger partial charge in [-0.2, -0.15) is 0 Å². The molecule has 1 heterocycles. The topological polar surface area (TPSA) is 24.9 Å². The molecule has 0 aliphatic carbocycles.